The number of aromatic nitrogens is 2. The van der Waals surface area contributed by atoms with E-state index in [2.05, 4.69) is 14.1 Å². The molecule has 5 nitrogen and oxygen atoms in total. The summed E-state index contributed by atoms with van der Waals surface area (Å²) in [4.78, 5) is 11.7. The summed E-state index contributed by atoms with van der Waals surface area (Å²) in [5, 5.41) is 12.6. The first-order valence-electron chi connectivity index (χ1n) is 4.56. The number of amides is 1. The lowest BCUT2D eigenvalue weighted by atomic mass is 9.86. The lowest BCUT2D eigenvalue weighted by Crippen LogP contribution is -2.57. The fourth-order valence-electron chi connectivity index (χ4n) is 0.766. The molecular weight excluding hydrogens is 214 g/mol. The van der Waals surface area contributed by atoms with Crippen LogP contribution in [-0.4, -0.2) is 30.9 Å². The first-order valence-corrected chi connectivity index (χ1v) is 5.29. The minimum Gasteiger partial charge on any atom is -0.388 e. The van der Waals surface area contributed by atoms with Gasteiger partial charge in [-0.2, -0.15) is 8.75 Å². The zero-order valence-electron chi connectivity index (χ0n) is 9.24. The van der Waals surface area contributed by atoms with Crippen LogP contribution >= 0.6 is 11.7 Å². The van der Waals surface area contributed by atoms with Crippen LogP contribution in [0.2, 0.25) is 0 Å². The van der Waals surface area contributed by atoms with Gasteiger partial charge in [0.05, 0.1) is 29.1 Å². The highest BCUT2D eigenvalue weighted by Crippen LogP contribution is 2.20. The molecule has 6 heteroatoms. The second-order valence-electron chi connectivity index (χ2n) is 4.43. The van der Waals surface area contributed by atoms with Crippen molar-refractivity contribution in [2.24, 2.45) is 0 Å². The molecule has 0 aliphatic rings. The molecule has 0 saturated heterocycles. The maximum Gasteiger partial charge on any atom is 0.273 e. The molecule has 0 unspecified atom stereocenters. The van der Waals surface area contributed by atoms with Gasteiger partial charge in [0.2, 0.25) is 0 Å². The number of carbonyl (C=O) groups excluding carboxylic acids is 1. The van der Waals surface area contributed by atoms with E-state index in [-0.39, 0.29) is 11.6 Å². The molecule has 15 heavy (non-hydrogen) atoms. The van der Waals surface area contributed by atoms with Gasteiger partial charge in [-0.05, 0) is 27.7 Å². The van der Waals surface area contributed by atoms with Crippen molar-refractivity contribution < 1.29 is 9.90 Å². The van der Waals surface area contributed by atoms with E-state index in [1.165, 1.54) is 6.20 Å². The predicted molar refractivity (Wildman–Crippen MR) is 57.8 cm³/mol. The van der Waals surface area contributed by atoms with Gasteiger partial charge in [0.1, 0.15) is 0 Å². The second kappa shape index (κ2) is 3.86. The molecule has 0 fully saturated rings. The Morgan fingerprint density at radius 2 is 2.07 bits per heavy atom. The molecule has 84 valence electrons. The highest BCUT2D eigenvalue weighted by Gasteiger charge is 2.36. The van der Waals surface area contributed by atoms with Crippen LogP contribution in [0.25, 0.3) is 0 Å². The zero-order valence-corrected chi connectivity index (χ0v) is 10.1. The van der Waals surface area contributed by atoms with Crippen LogP contribution in [0.15, 0.2) is 6.20 Å². The molecule has 0 radical (unpaired) electrons. The third kappa shape index (κ3) is 2.73. The Labute approximate surface area is 92.9 Å². The van der Waals surface area contributed by atoms with Crippen molar-refractivity contribution in [2.75, 3.05) is 0 Å². The van der Waals surface area contributed by atoms with Crippen molar-refractivity contribution in [3.05, 3.63) is 11.9 Å². The Morgan fingerprint density at radius 1 is 1.47 bits per heavy atom. The summed E-state index contributed by atoms with van der Waals surface area (Å²) in [5.74, 6) is -0.323. The third-order valence-electron chi connectivity index (χ3n) is 2.55. The summed E-state index contributed by atoms with van der Waals surface area (Å²) in [6.45, 7) is 6.80. The molecule has 1 heterocycles. The summed E-state index contributed by atoms with van der Waals surface area (Å²) in [7, 11) is 0. The molecule has 1 aromatic rings. The van der Waals surface area contributed by atoms with Crippen molar-refractivity contribution in [3.63, 3.8) is 0 Å². The van der Waals surface area contributed by atoms with Gasteiger partial charge in [-0.15, -0.1) is 0 Å². The van der Waals surface area contributed by atoms with Crippen molar-refractivity contribution in [2.45, 2.75) is 38.8 Å². The Morgan fingerprint density at radius 3 is 2.47 bits per heavy atom. The van der Waals surface area contributed by atoms with Gasteiger partial charge in [0, 0.05) is 0 Å². The zero-order chi connectivity index (χ0) is 11.7. The number of nitrogens with zero attached hydrogens (tertiary/aromatic N) is 2. The summed E-state index contributed by atoms with van der Waals surface area (Å²) in [5.41, 5.74) is -1.46. The van der Waals surface area contributed by atoms with E-state index in [9.17, 15) is 9.90 Å². The molecule has 0 aromatic carbocycles. The minimum absolute atomic E-state index is 0.275. The largest absolute Gasteiger partial charge is 0.388 e. The first kappa shape index (κ1) is 12.1. The molecule has 1 amide bonds. The van der Waals surface area contributed by atoms with Gasteiger partial charge in [0.15, 0.2) is 5.69 Å². The smallest absolute Gasteiger partial charge is 0.273 e. The molecule has 1 rings (SSSR count). The van der Waals surface area contributed by atoms with Crippen LogP contribution in [0.1, 0.15) is 38.2 Å². The van der Waals surface area contributed by atoms with Gasteiger partial charge in [-0.25, -0.2) is 0 Å². The SMILES string of the molecule is CC(C)(O)C(C)(C)NC(=O)c1cnsn1. The summed E-state index contributed by atoms with van der Waals surface area (Å²) in [6.07, 6.45) is 1.40. The Balaban J connectivity index is 2.75. The lowest BCUT2D eigenvalue weighted by molar-refractivity contribution is -0.00300. The average Bonchev–Trinajstić information content (AvgIpc) is 2.51. The standard InChI is InChI=1S/C9H15N3O2S/c1-8(2,9(3,4)14)11-7(13)6-5-10-15-12-6/h5,14H,1-4H3,(H,11,13). The van der Waals surface area contributed by atoms with Gasteiger partial charge in [-0.3, -0.25) is 4.79 Å². The predicted octanol–water partition coefficient (Wildman–Crippen LogP) is 0.817. The van der Waals surface area contributed by atoms with Crippen LogP contribution < -0.4 is 5.32 Å². The number of aliphatic hydroxyl groups is 1. The van der Waals surface area contributed by atoms with E-state index in [0.29, 0.717) is 0 Å². The number of hydrogen-bond donors (Lipinski definition) is 2. The fraction of sp³-hybridized carbons (Fsp3) is 0.667. The summed E-state index contributed by atoms with van der Waals surface area (Å²) < 4.78 is 7.56. The average molecular weight is 229 g/mol. The van der Waals surface area contributed by atoms with Gasteiger partial charge >= 0.3 is 0 Å². The van der Waals surface area contributed by atoms with Crippen molar-refractivity contribution in [3.8, 4) is 0 Å². The van der Waals surface area contributed by atoms with Gasteiger partial charge in [0.25, 0.3) is 5.91 Å². The third-order valence-corrected chi connectivity index (χ3v) is 3.03. The summed E-state index contributed by atoms with van der Waals surface area (Å²) >= 11 is 0.978. The molecule has 0 atom stereocenters. The Bertz CT molecular complexity index is 341. The molecule has 0 saturated carbocycles. The molecule has 1 aromatic heterocycles. The van der Waals surface area contributed by atoms with E-state index < -0.39 is 11.1 Å². The minimum atomic E-state index is -1.01. The maximum atomic E-state index is 11.7. The van der Waals surface area contributed by atoms with Crippen LogP contribution in [0.4, 0.5) is 0 Å². The highest BCUT2D eigenvalue weighted by molar-refractivity contribution is 6.99. The molecule has 2 N–H and O–H groups in total. The normalized spacial score (nSPS) is 12.6. The molecule has 0 bridgehead atoms. The summed E-state index contributed by atoms with van der Waals surface area (Å²) in [6, 6.07) is 0. The van der Waals surface area contributed by atoms with E-state index >= 15 is 0 Å². The Hall–Kier alpha value is -1.01. The number of hydrogen-bond acceptors (Lipinski definition) is 5. The van der Waals surface area contributed by atoms with Crippen molar-refractivity contribution in [1.29, 1.82) is 0 Å². The maximum absolute atomic E-state index is 11.7. The topological polar surface area (TPSA) is 75.1 Å². The van der Waals surface area contributed by atoms with E-state index in [1.54, 1.807) is 27.7 Å². The van der Waals surface area contributed by atoms with E-state index in [0.717, 1.165) is 11.7 Å². The molecule has 0 spiro atoms. The monoisotopic (exact) mass is 229 g/mol. The quantitative estimate of drug-likeness (QED) is 0.804. The molecule has 0 aliphatic carbocycles. The lowest BCUT2D eigenvalue weighted by Gasteiger charge is -2.37. The van der Waals surface area contributed by atoms with Crippen LogP contribution in [0.5, 0.6) is 0 Å². The Kier molecular flexibility index (Phi) is 3.11. The number of carbonyl (C=O) groups is 1. The number of rotatable bonds is 3. The van der Waals surface area contributed by atoms with E-state index in [4.69, 9.17) is 0 Å². The van der Waals surface area contributed by atoms with Crippen LogP contribution in [0.3, 0.4) is 0 Å². The van der Waals surface area contributed by atoms with Gasteiger partial charge < -0.3 is 10.4 Å². The highest BCUT2D eigenvalue weighted by atomic mass is 32.1. The van der Waals surface area contributed by atoms with Crippen LogP contribution in [-0.2, 0) is 0 Å². The van der Waals surface area contributed by atoms with Gasteiger partial charge in [-0.1, -0.05) is 0 Å². The van der Waals surface area contributed by atoms with Crippen molar-refractivity contribution in [1.82, 2.24) is 14.1 Å². The molecule has 0 aliphatic heterocycles. The molecular formula is C9H15N3O2S. The van der Waals surface area contributed by atoms with Crippen molar-refractivity contribution >= 4 is 17.6 Å². The first-order chi connectivity index (χ1) is 6.74. The fourth-order valence-corrected chi connectivity index (χ4v) is 1.18. The number of nitrogens with one attached hydrogen (secondary N) is 1. The van der Waals surface area contributed by atoms with Crippen LogP contribution in [0, 0.1) is 0 Å². The second-order valence-corrected chi connectivity index (χ2v) is 4.99. The van der Waals surface area contributed by atoms with E-state index in [1.807, 2.05) is 0 Å².